The second kappa shape index (κ2) is 11.1. The van der Waals surface area contributed by atoms with Crippen LogP contribution in [-0.4, -0.2) is 34.5 Å². The Kier molecular flexibility index (Phi) is 8.19. The monoisotopic (exact) mass is 419 g/mol. The molecule has 1 aliphatic heterocycles. The number of amides is 2. The number of rotatable bonds is 5. The first kappa shape index (κ1) is 23.0. The Morgan fingerprint density at radius 2 is 1.48 bits per heavy atom. The van der Waals surface area contributed by atoms with Gasteiger partial charge >= 0.3 is 0 Å². The van der Waals surface area contributed by atoms with E-state index in [0.717, 1.165) is 43.2 Å². The van der Waals surface area contributed by atoms with Gasteiger partial charge in [-0.2, -0.15) is 0 Å². The Labute approximate surface area is 185 Å². The van der Waals surface area contributed by atoms with E-state index in [2.05, 4.69) is 19.9 Å². The highest BCUT2D eigenvalue weighted by atomic mass is 16.3. The number of aliphatic hydroxyl groups excluding tert-OH is 1. The molecule has 4 nitrogen and oxygen atoms in total. The lowest BCUT2D eigenvalue weighted by molar-refractivity contribution is 0.0549. The maximum atomic E-state index is 12.2. The lowest BCUT2D eigenvalue weighted by Gasteiger charge is -2.29. The van der Waals surface area contributed by atoms with Gasteiger partial charge in [0.05, 0.1) is 17.7 Å². The summed E-state index contributed by atoms with van der Waals surface area (Å²) in [7, 11) is 0. The van der Waals surface area contributed by atoms with Crippen LogP contribution in [0, 0.1) is 5.92 Å². The molecule has 1 aliphatic carbocycles. The Morgan fingerprint density at radius 3 is 2.00 bits per heavy atom. The molecule has 4 heteroatoms. The zero-order chi connectivity index (χ0) is 22.2. The van der Waals surface area contributed by atoms with Crippen LogP contribution in [0.15, 0.2) is 60.7 Å². The highest BCUT2D eigenvalue weighted by Gasteiger charge is 2.39. The van der Waals surface area contributed by atoms with Gasteiger partial charge in [-0.25, -0.2) is 0 Å². The zero-order valence-electron chi connectivity index (χ0n) is 18.6. The summed E-state index contributed by atoms with van der Waals surface area (Å²) in [6.45, 7) is 4.48. The van der Waals surface area contributed by atoms with Crippen molar-refractivity contribution in [3.8, 4) is 0 Å². The van der Waals surface area contributed by atoms with E-state index in [1.54, 1.807) is 12.1 Å². The predicted molar refractivity (Wildman–Crippen MR) is 125 cm³/mol. The molecule has 1 fully saturated rings. The second-order valence-corrected chi connectivity index (χ2v) is 8.70. The minimum absolute atomic E-state index is 0.0995. The standard InChI is InChI=1S/C14H15NO2.C13H18O/c16-13-11-8-4-5-9-12(11)14(17)15(13)10-6-2-1-3-7-10;1-11(2)8-9-13(10-14)12-6-4-3-5-7-12/h4-5,8-10H,1-3,6-7H2;3-7,9,11,14H,8,10H2,1-2H3/b;13-9-. The maximum Gasteiger partial charge on any atom is 0.261 e. The normalized spacial score (nSPS) is 16.9. The Morgan fingerprint density at radius 1 is 0.935 bits per heavy atom. The minimum Gasteiger partial charge on any atom is -0.392 e. The summed E-state index contributed by atoms with van der Waals surface area (Å²) in [6, 6.07) is 17.3. The fraction of sp³-hybridized carbons (Fsp3) is 0.407. The number of fused-ring (bicyclic) bond motifs is 1. The molecule has 1 saturated carbocycles. The summed E-state index contributed by atoms with van der Waals surface area (Å²) >= 11 is 0. The van der Waals surface area contributed by atoms with Crippen molar-refractivity contribution in [3.05, 3.63) is 77.4 Å². The van der Waals surface area contributed by atoms with E-state index in [0.29, 0.717) is 17.0 Å². The summed E-state index contributed by atoms with van der Waals surface area (Å²) in [5, 5.41) is 9.22. The molecular formula is C27H33NO3. The van der Waals surface area contributed by atoms with Crippen molar-refractivity contribution in [1.82, 2.24) is 4.90 Å². The van der Waals surface area contributed by atoms with E-state index in [-0.39, 0.29) is 24.5 Å². The van der Waals surface area contributed by atoms with Crippen LogP contribution in [0.5, 0.6) is 0 Å². The second-order valence-electron chi connectivity index (χ2n) is 8.70. The molecule has 0 radical (unpaired) electrons. The quantitative estimate of drug-likeness (QED) is 0.630. The molecule has 2 aromatic carbocycles. The number of carbonyl (C=O) groups is 2. The van der Waals surface area contributed by atoms with E-state index >= 15 is 0 Å². The van der Waals surface area contributed by atoms with Crippen LogP contribution in [0.3, 0.4) is 0 Å². The molecule has 0 saturated heterocycles. The average molecular weight is 420 g/mol. The first-order valence-corrected chi connectivity index (χ1v) is 11.3. The third kappa shape index (κ3) is 5.71. The van der Waals surface area contributed by atoms with E-state index in [1.807, 2.05) is 42.5 Å². The predicted octanol–water partition coefficient (Wildman–Crippen LogP) is 5.72. The molecular weight excluding hydrogens is 386 g/mol. The largest absolute Gasteiger partial charge is 0.392 e. The SMILES string of the molecule is CC(C)C/C=C(/CO)c1ccccc1.O=C1c2ccccc2C(=O)N1C1CCCCC1. The third-order valence-corrected chi connectivity index (χ3v) is 5.92. The Balaban J connectivity index is 0.000000180. The van der Waals surface area contributed by atoms with Crippen LogP contribution in [-0.2, 0) is 0 Å². The first-order chi connectivity index (χ1) is 15.0. The molecule has 0 bridgehead atoms. The smallest absolute Gasteiger partial charge is 0.261 e. The summed E-state index contributed by atoms with van der Waals surface area (Å²) in [5.41, 5.74) is 3.29. The van der Waals surface area contributed by atoms with Gasteiger partial charge in [-0.05, 0) is 48.4 Å². The van der Waals surface area contributed by atoms with Gasteiger partial charge < -0.3 is 5.11 Å². The van der Waals surface area contributed by atoms with Crippen molar-refractivity contribution < 1.29 is 14.7 Å². The van der Waals surface area contributed by atoms with Crippen LogP contribution >= 0.6 is 0 Å². The molecule has 1 heterocycles. The van der Waals surface area contributed by atoms with Gasteiger partial charge in [0.1, 0.15) is 0 Å². The number of hydrogen-bond donors (Lipinski definition) is 1. The molecule has 0 spiro atoms. The number of hydrogen-bond acceptors (Lipinski definition) is 3. The van der Waals surface area contributed by atoms with Crippen LogP contribution < -0.4 is 0 Å². The molecule has 164 valence electrons. The fourth-order valence-corrected chi connectivity index (χ4v) is 4.18. The molecule has 2 amide bonds. The van der Waals surface area contributed by atoms with E-state index in [1.165, 1.54) is 11.3 Å². The summed E-state index contributed by atoms with van der Waals surface area (Å²) in [4.78, 5) is 25.9. The average Bonchev–Trinajstić information content (AvgIpc) is 3.06. The van der Waals surface area contributed by atoms with Crippen molar-refractivity contribution in [2.45, 2.75) is 58.4 Å². The number of nitrogens with zero attached hydrogens (tertiary/aromatic N) is 1. The fourth-order valence-electron chi connectivity index (χ4n) is 4.18. The topological polar surface area (TPSA) is 57.6 Å². The van der Waals surface area contributed by atoms with Gasteiger partial charge in [-0.3, -0.25) is 14.5 Å². The molecule has 4 rings (SSSR count). The lowest BCUT2D eigenvalue weighted by atomic mass is 9.94. The summed E-state index contributed by atoms with van der Waals surface area (Å²) < 4.78 is 0. The third-order valence-electron chi connectivity index (χ3n) is 5.92. The van der Waals surface area contributed by atoms with Crippen LogP contribution in [0.2, 0.25) is 0 Å². The maximum absolute atomic E-state index is 12.2. The molecule has 0 unspecified atom stereocenters. The van der Waals surface area contributed by atoms with Crippen molar-refractivity contribution >= 4 is 17.4 Å². The first-order valence-electron chi connectivity index (χ1n) is 11.3. The molecule has 0 atom stereocenters. The summed E-state index contributed by atoms with van der Waals surface area (Å²) in [6.07, 6.45) is 8.54. The lowest BCUT2D eigenvalue weighted by Crippen LogP contribution is -2.40. The van der Waals surface area contributed by atoms with Gasteiger partial charge in [0.15, 0.2) is 0 Å². The number of carbonyl (C=O) groups excluding carboxylic acids is 2. The van der Waals surface area contributed by atoms with Gasteiger partial charge in [0.25, 0.3) is 11.8 Å². The number of imide groups is 1. The number of benzene rings is 2. The molecule has 1 N–H and O–H groups in total. The van der Waals surface area contributed by atoms with Gasteiger partial charge in [0.2, 0.25) is 0 Å². The van der Waals surface area contributed by atoms with Crippen LogP contribution in [0.25, 0.3) is 5.57 Å². The van der Waals surface area contributed by atoms with E-state index < -0.39 is 0 Å². The van der Waals surface area contributed by atoms with Crippen molar-refractivity contribution in [1.29, 1.82) is 0 Å². The number of aliphatic hydroxyl groups is 1. The molecule has 2 aliphatic rings. The highest BCUT2D eigenvalue weighted by Crippen LogP contribution is 2.30. The minimum atomic E-state index is -0.0995. The van der Waals surface area contributed by atoms with Crippen LogP contribution in [0.4, 0.5) is 0 Å². The van der Waals surface area contributed by atoms with E-state index in [9.17, 15) is 14.7 Å². The van der Waals surface area contributed by atoms with Gasteiger partial charge in [-0.1, -0.05) is 81.7 Å². The van der Waals surface area contributed by atoms with Crippen molar-refractivity contribution in [2.24, 2.45) is 5.92 Å². The van der Waals surface area contributed by atoms with Gasteiger partial charge in [0, 0.05) is 6.04 Å². The van der Waals surface area contributed by atoms with Crippen LogP contribution in [0.1, 0.15) is 78.7 Å². The van der Waals surface area contributed by atoms with Crippen molar-refractivity contribution in [2.75, 3.05) is 6.61 Å². The summed E-state index contributed by atoms with van der Waals surface area (Å²) in [5.74, 6) is 0.440. The van der Waals surface area contributed by atoms with Gasteiger partial charge in [-0.15, -0.1) is 0 Å². The Hall–Kier alpha value is -2.72. The van der Waals surface area contributed by atoms with E-state index in [4.69, 9.17) is 0 Å². The Bertz CT molecular complexity index is 876. The molecule has 0 aromatic heterocycles. The molecule has 2 aromatic rings. The molecule has 31 heavy (non-hydrogen) atoms. The van der Waals surface area contributed by atoms with Crippen molar-refractivity contribution in [3.63, 3.8) is 0 Å². The highest BCUT2D eigenvalue weighted by molar-refractivity contribution is 6.21. The number of allylic oxidation sites excluding steroid dienone is 1. The zero-order valence-corrected chi connectivity index (χ0v) is 18.6.